The molecular weight excluding hydrogens is 288 g/mol. The molecule has 0 unspecified atom stereocenters. The van der Waals surface area contributed by atoms with Crippen molar-refractivity contribution in [2.24, 2.45) is 0 Å². The lowest BCUT2D eigenvalue weighted by molar-refractivity contribution is -0.0500. The highest BCUT2D eigenvalue weighted by atomic mass is 32.2. The Morgan fingerprint density at radius 2 is 1.58 bits per heavy atom. The van der Waals surface area contributed by atoms with Crippen molar-refractivity contribution in [2.75, 3.05) is 0 Å². The standard InChI is InChI=1S/C11H10F4O3S/c12-9-5-7-3-1-2-4-8(7)6-10(9)18-19(16,17)11(13,14)15/h5-6H,1-4H2. The fraction of sp³-hybridized carbons (Fsp3) is 0.455. The van der Waals surface area contributed by atoms with Gasteiger partial charge in [0.25, 0.3) is 0 Å². The average Bonchev–Trinajstić information content (AvgIpc) is 2.28. The molecule has 3 nitrogen and oxygen atoms in total. The van der Waals surface area contributed by atoms with E-state index in [4.69, 9.17) is 0 Å². The van der Waals surface area contributed by atoms with E-state index in [1.54, 1.807) is 0 Å². The molecule has 8 heteroatoms. The summed E-state index contributed by atoms with van der Waals surface area (Å²) in [5, 5.41) is 0. The number of hydrogen-bond donors (Lipinski definition) is 0. The van der Waals surface area contributed by atoms with Gasteiger partial charge in [-0.1, -0.05) is 0 Å². The van der Waals surface area contributed by atoms with Gasteiger partial charge in [0, 0.05) is 0 Å². The van der Waals surface area contributed by atoms with Gasteiger partial charge in [-0.25, -0.2) is 4.39 Å². The lowest BCUT2D eigenvalue weighted by Crippen LogP contribution is -2.28. The summed E-state index contributed by atoms with van der Waals surface area (Å²) < 4.78 is 75.5. The Labute approximate surface area is 107 Å². The zero-order chi connectivity index (χ0) is 14.3. The van der Waals surface area contributed by atoms with Crippen molar-refractivity contribution >= 4 is 10.1 Å². The predicted octanol–water partition coefficient (Wildman–Crippen LogP) is 2.93. The van der Waals surface area contributed by atoms with Gasteiger partial charge in [0.2, 0.25) is 0 Å². The molecule has 1 aliphatic rings. The van der Waals surface area contributed by atoms with Crippen LogP contribution in [0.5, 0.6) is 5.75 Å². The Kier molecular flexibility index (Phi) is 3.46. The van der Waals surface area contributed by atoms with Crippen LogP contribution in [-0.4, -0.2) is 13.9 Å². The number of benzene rings is 1. The van der Waals surface area contributed by atoms with Gasteiger partial charge in [0.1, 0.15) is 0 Å². The summed E-state index contributed by atoms with van der Waals surface area (Å²) in [7, 11) is -5.84. The smallest absolute Gasteiger partial charge is 0.373 e. The van der Waals surface area contributed by atoms with Crippen LogP contribution in [0.1, 0.15) is 24.0 Å². The van der Waals surface area contributed by atoms with E-state index in [0.717, 1.165) is 25.0 Å². The summed E-state index contributed by atoms with van der Waals surface area (Å²) in [6.45, 7) is 0. The minimum atomic E-state index is -5.84. The lowest BCUT2D eigenvalue weighted by Gasteiger charge is -2.17. The second-order valence-electron chi connectivity index (χ2n) is 4.24. The van der Waals surface area contributed by atoms with Crippen molar-refractivity contribution in [3.05, 3.63) is 29.1 Å². The maximum absolute atomic E-state index is 13.5. The number of rotatable bonds is 2. The predicted molar refractivity (Wildman–Crippen MR) is 58.6 cm³/mol. The van der Waals surface area contributed by atoms with Crippen LogP contribution >= 0.6 is 0 Å². The quantitative estimate of drug-likeness (QED) is 0.479. The molecule has 106 valence electrons. The zero-order valence-electron chi connectivity index (χ0n) is 9.63. The maximum atomic E-state index is 13.5. The molecule has 1 aromatic carbocycles. The summed E-state index contributed by atoms with van der Waals surface area (Å²) >= 11 is 0. The van der Waals surface area contributed by atoms with Gasteiger partial charge in [-0.3, -0.25) is 0 Å². The second kappa shape index (κ2) is 4.66. The first-order valence-electron chi connectivity index (χ1n) is 5.53. The summed E-state index contributed by atoms with van der Waals surface area (Å²) in [5.74, 6) is -2.01. The topological polar surface area (TPSA) is 43.4 Å². The van der Waals surface area contributed by atoms with Gasteiger partial charge >= 0.3 is 15.6 Å². The van der Waals surface area contributed by atoms with Crippen LogP contribution in [-0.2, 0) is 23.0 Å². The highest BCUT2D eigenvalue weighted by molar-refractivity contribution is 7.88. The third-order valence-electron chi connectivity index (χ3n) is 2.88. The van der Waals surface area contributed by atoms with E-state index in [9.17, 15) is 26.0 Å². The Hall–Kier alpha value is -1.31. The van der Waals surface area contributed by atoms with Crippen molar-refractivity contribution in [2.45, 2.75) is 31.2 Å². The molecule has 0 bridgehead atoms. The van der Waals surface area contributed by atoms with Crippen molar-refractivity contribution in [1.82, 2.24) is 0 Å². The van der Waals surface area contributed by atoms with Crippen LogP contribution in [0, 0.1) is 5.82 Å². The first-order valence-corrected chi connectivity index (χ1v) is 6.93. The van der Waals surface area contributed by atoms with Gasteiger partial charge in [-0.2, -0.15) is 21.6 Å². The van der Waals surface area contributed by atoms with Crippen molar-refractivity contribution < 1.29 is 30.2 Å². The normalized spacial score (nSPS) is 16.0. The Bertz CT molecular complexity index is 593. The van der Waals surface area contributed by atoms with Crippen molar-refractivity contribution in [3.8, 4) is 5.75 Å². The van der Waals surface area contributed by atoms with Crippen LogP contribution in [0.15, 0.2) is 12.1 Å². The van der Waals surface area contributed by atoms with Gasteiger partial charge in [0.15, 0.2) is 11.6 Å². The van der Waals surface area contributed by atoms with E-state index in [1.165, 1.54) is 0 Å². The van der Waals surface area contributed by atoms with E-state index in [2.05, 4.69) is 4.18 Å². The minimum Gasteiger partial charge on any atom is -0.373 e. The van der Waals surface area contributed by atoms with Crippen LogP contribution < -0.4 is 4.18 Å². The molecule has 2 rings (SSSR count). The van der Waals surface area contributed by atoms with Crippen LogP contribution in [0.3, 0.4) is 0 Å². The molecule has 1 aromatic rings. The average molecular weight is 298 g/mol. The Balaban J connectivity index is 2.37. The molecule has 19 heavy (non-hydrogen) atoms. The van der Waals surface area contributed by atoms with E-state index in [1.807, 2.05) is 0 Å². The minimum absolute atomic E-state index is 0.567. The number of alkyl halides is 3. The number of aryl methyl sites for hydroxylation is 2. The molecular formula is C11H10F4O3S. The second-order valence-corrected chi connectivity index (χ2v) is 5.78. The largest absolute Gasteiger partial charge is 0.534 e. The molecule has 0 amide bonds. The first-order chi connectivity index (χ1) is 8.71. The van der Waals surface area contributed by atoms with E-state index < -0.39 is 27.2 Å². The molecule has 0 atom stereocenters. The third-order valence-corrected chi connectivity index (χ3v) is 3.85. The molecule has 0 radical (unpaired) electrons. The maximum Gasteiger partial charge on any atom is 0.534 e. The monoisotopic (exact) mass is 298 g/mol. The van der Waals surface area contributed by atoms with Crippen molar-refractivity contribution in [3.63, 3.8) is 0 Å². The highest BCUT2D eigenvalue weighted by Gasteiger charge is 2.49. The lowest BCUT2D eigenvalue weighted by atomic mass is 9.91. The molecule has 0 aliphatic heterocycles. The molecule has 0 saturated carbocycles. The molecule has 0 fully saturated rings. The summed E-state index contributed by atoms with van der Waals surface area (Å²) in [5.41, 5.74) is -4.27. The van der Waals surface area contributed by atoms with Crippen LogP contribution in [0.2, 0.25) is 0 Å². The van der Waals surface area contributed by atoms with Gasteiger partial charge in [-0.05, 0) is 48.9 Å². The van der Waals surface area contributed by atoms with Gasteiger partial charge < -0.3 is 4.18 Å². The summed E-state index contributed by atoms with van der Waals surface area (Å²) in [6, 6.07) is 2.07. The number of hydrogen-bond acceptors (Lipinski definition) is 3. The van der Waals surface area contributed by atoms with Gasteiger partial charge in [0.05, 0.1) is 0 Å². The van der Waals surface area contributed by atoms with Crippen LogP contribution in [0.25, 0.3) is 0 Å². The molecule has 1 aliphatic carbocycles. The molecule has 0 aromatic heterocycles. The van der Waals surface area contributed by atoms with Crippen LogP contribution in [0.4, 0.5) is 17.6 Å². The molecule has 0 spiro atoms. The highest BCUT2D eigenvalue weighted by Crippen LogP contribution is 2.32. The Morgan fingerprint density at radius 3 is 2.11 bits per heavy atom. The van der Waals surface area contributed by atoms with E-state index in [-0.39, 0.29) is 0 Å². The van der Waals surface area contributed by atoms with E-state index >= 15 is 0 Å². The SMILES string of the molecule is O=S(=O)(Oc1cc2c(cc1F)CCCC2)C(F)(F)F. The van der Waals surface area contributed by atoms with E-state index in [0.29, 0.717) is 24.0 Å². The fourth-order valence-electron chi connectivity index (χ4n) is 1.96. The number of fused-ring (bicyclic) bond motifs is 1. The third kappa shape index (κ3) is 2.83. The summed E-state index contributed by atoms with van der Waals surface area (Å²) in [6.07, 6.45) is 2.88. The molecule has 0 heterocycles. The Morgan fingerprint density at radius 1 is 1.05 bits per heavy atom. The fourth-order valence-corrected chi connectivity index (χ4v) is 2.42. The van der Waals surface area contributed by atoms with Gasteiger partial charge in [-0.15, -0.1) is 0 Å². The van der Waals surface area contributed by atoms with Crippen molar-refractivity contribution in [1.29, 1.82) is 0 Å². The molecule has 0 N–H and O–H groups in total. The summed E-state index contributed by atoms with van der Waals surface area (Å²) in [4.78, 5) is 0. The zero-order valence-corrected chi connectivity index (χ0v) is 10.4. The number of halogens is 4. The molecule has 0 saturated heterocycles. The first kappa shape index (κ1) is 14.1.